The van der Waals surface area contributed by atoms with Gasteiger partial charge in [0.2, 0.25) is 0 Å². The Morgan fingerprint density at radius 3 is 2.75 bits per heavy atom. The number of hydrogen-bond donors (Lipinski definition) is 0. The Bertz CT molecular complexity index is 527. The van der Waals surface area contributed by atoms with E-state index in [4.69, 9.17) is 16.3 Å². The number of hydrogen-bond acceptors (Lipinski definition) is 3. The van der Waals surface area contributed by atoms with Crippen LogP contribution in [-0.4, -0.2) is 12.1 Å². The van der Waals surface area contributed by atoms with Crippen LogP contribution in [0.2, 0.25) is 5.02 Å². The smallest absolute Gasteiger partial charge is 0.132 e. The van der Waals surface area contributed by atoms with Crippen molar-refractivity contribution < 1.29 is 4.74 Å². The van der Waals surface area contributed by atoms with Gasteiger partial charge in [-0.3, -0.25) is 0 Å². The first-order valence-corrected chi connectivity index (χ1v) is 6.62. The minimum atomic E-state index is 0.694. The van der Waals surface area contributed by atoms with Gasteiger partial charge in [-0.1, -0.05) is 11.6 Å². The zero-order valence-electron chi connectivity index (χ0n) is 8.75. The van der Waals surface area contributed by atoms with E-state index in [0.717, 1.165) is 26.5 Å². The van der Waals surface area contributed by atoms with Crippen molar-refractivity contribution in [1.82, 2.24) is 4.98 Å². The second-order valence-corrected chi connectivity index (χ2v) is 5.39. The fourth-order valence-electron chi connectivity index (χ4n) is 1.54. The van der Waals surface area contributed by atoms with Crippen LogP contribution in [-0.2, 0) is 0 Å². The molecule has 0 aliphatic heterocycles. The van der Waals surface area contributed by atoms with Crippen LogP contribution in [0.15, 0.2) is 22.1 Å². The van der Waals surface area contributed by atoms with Crippen molar-refractivity contribution in [3.8, 4) is 16.3 Å². The summed E-state index contributed by atoms with van der Waals surface area (Å²) in [6.45, 7) is 1.97. The van der Waals surface area contributed by atoms with Crippen LogP contribution in [0.1, 0.15) is 5.56 Å². The minimum Gasteiger partial charge on any atom is -0.496 e. The topological polar surface area (TPSA) is 22.1 Å². The maximum atomic E-state index is 6.05. The summed E-state index contributed by atoms with van der Waals surface area (Å²) in [5, 5.41) is 3.53. The summed E-state index contributed by atoms with van der Waals surface area (Å²) < 4.78 is 6.21. The standard InChI is InChI=1S/C11H9BrClNOS/c1-6-3-7(13)4-8(10(6)15-2)11-14-9(12)5-16-11/h3-5H,1-2H3. The maximum absolute atomic E-state index is 6.05. The van der Waals surface area contributed by atoms with Gasteiger partial charge in [0.1, 0.15) is 15.4 Å². The van der Waals surface area contributed by atoms with E-state index < -0.39 is 0 Å². The van der Waals surface area contributed by atoms with Crippen LogP contribution in [0.25, 0.3) is 10.6 Å². The van der Waals surface area contributed by atoms with Crippen LogP contribution < -0.4 is 4.74 Å². The average Bonchev–Trinajstić information content (AvgIpc) is 2.63. The molecule has 2 aromatic rings. The molecule has 16 heavy (non-hydrogen) atoms. The van der Waals surface area contributed by atoms with Crippen LogP contribution in [0.4, 0.5) is 0 Å². The summed E-state index contributed by atoms with van der Waals surface area (Å²) in [6.07, 6.45) is 0. The number of halogens is 2. The fraction of sp³-hybridized carbons (Fsp3) is 0.182. The third kappa shape index (κ3) is 2.24. The molecule has 1 heterocycles. The van der Waals surface area contributed by atoms with Gasteiger partial charge in [0.25, 0.3) is 0 Å². The van der Waals surface area contributed by atoms with E-state index in [-0.39, 0.29) is 0 Å². The van der Waals surface area contributed by atoms with Gasteiger partial charge < -0.3 is 4.74 Å². The summed E-state index contributed by atoms with van der Waals surface area (Å²) in [7, 11) is 1.66. The normalized spacial score (nSPS) is 10.5. The number of nitrogens with zero attached hydrogens (tertiary/aromatic N) is 1. The summed E-state index contributed by atoms with van der Waals surface area (Å²) in [6, 6.07) is 3.76. The first-order chi connectivity index (χ1) is 7.61. The van der Waals surface area contributed by atoms with Crippen LogP contribution in [0, 0.1) is 6.92 Å². The Morgan fingerprint density at radius 1 is 1.44 bits per heavy atom. The molecular weight excluding hydrogens is 310 g/mol. The highest BCUT2D eigenvalue weighted by Gasteiger charge is 2.13. The Labute approximate surface area is 111 Å². The largest absolute Gasteiger partial charge is 0.496 e. The molecule has 2 rings (SSSR count). The number of rotatable bonds is 2. The van der Waals surface area contributed by atoms with E-state index in [1.807, 2.05) is 24.4 Å². The van der Waals surface area contributed by atoms with Gasteiger partial charge in [0.15, 0.2) is 0 Å². The Morgan fingerprint density at radius 2 is 2.19 bits per heavy atom. The van der Waals surface area contributed by atoms with Gasteiger partial charge in [0.05, 0.1) is 12.7 Å². The SMILES string of the molecule is COc1c(C)cc(Cl)cc1-c1nc(Br)cs1. The molecule has 0 atom stereocenters. The van der Waals surface area contributed by atoms with Crippen molar-refractivity contribution in [3.05, 3.63) is 32.7 Å². The van der Waals surface area contributed by atoms with Gasteiger partial charge in [-0.2, -0.15) is 0 Å². The highest BCUT2D eigenvalue weighted by atomic mass is 79.9. The predicted octanol–water partition coefficient (Wildman–Crippen LogP) is 4.54. The highest BCUT2D eigenvalue weighted by Crippen LogP contribution is 2.37. The second-order valence-electron chi connectivity index (χ2n) is 3.28. The molecule has 1 aromatic carbocycles. The molecule has 0 fully saturated rings. The average molecular weight is 319 g/mol. The maximum Gasteiger partial charge on any atom is 0.132 e. The minimum absolute atomic E-state index is 0.694. The van der Waals surface area contributed by atoms with Crippen LogP contribution in [0.5, 0.6) is 5.75 Å². The molecule has 0 spiro atoms. The monoisotopic (exact) mass is 317 g/mol. The third-order valence-electron chi connectivity index (χ3n) is 2.15. The van der Waals surface area contributed by atoms with Gasteiger partial charge in [-0.25, -0.2) is 4.98 Å². The lowest BCUT2D eigenvalue weighted by Crippen LogP contribution is -1.91. The summed E-state index contributed by atoms with van der Waals surface area (Å²) in [5.74, 6) is 0.825. The Hall–Kier alpha value is -0.580. The van der Waals surface area contributed by atoms with Crippen molar-refractivity contribution in [2.45, 2.75) is 6.92 Å². The van der Waals surface area contributed by atoms with Gasteiger partial charge in [-0.05, 0) is 40.5 Å². The lowest BCUT2D eigenvalue weighted by atomic mass is 10.1. The van der Waals surface area contributed by atoms with E-state index in [2.05, 4.69) is 20.9 Å². The molecular formula is C11H9BrClNOS. The molecule has 5 heteroatoms. The van der Waals surface area contributed by atoms with Crippen molar-refractivity contribution in [3.63, 3.8) is 0 Å². The molecule has 0 aliphatic carbocycles. The fourth-order valence-corrected chi connectivity index (χ4v) is 3.08. The molecule has 1 aromatic heterocycles. The molecule has 84 valence electrons. The molecule has 0 N–H and O–H groups in total. The third-order valence-corrected chi connectivity index (χ3v) is 3.95. The van der Waals surface area contributed by atoms with Crippen LogP contribution >= 0.6 is 38.9 Å². The van der Waals surface area contributed by atoms with E-state index in [0.29, 0.717) is 5.02 Å². The molecule has 0 saturated heterocycles. The van der Waals surface area contributed by atoms with E-state index in [9.17, 15) is 0 Å². The molecule has 2 nitrogen and oxygen atoms in total. The number of ether oxygens (including phenoxy) is 1. The molecule has 0 unspecified atom stereocenters. The van der Waals surface area contributed by atoms with E-state index >= 15 is 0 Å². The van der Waals surface area contributed by atoms with Crippen molar-refractivity contribution in [2.24, 2.45) is 0 Å². The number of methoxy groups -OCH3 is 1. The molecule has 0 bridgehead atoms. The first kappa shape index (κ1) is 11.9. The lowest BCUT2D eigenvalue weighted by Gasteiger charge is -2.09. The molecule has 0 saturated carbocycles. The van der Waals surface area contributed by atoms with Gasteiger partial charge in [-0.15, -0.1) is 11.3 Å². The lowest BCUT2D eigenvalue weighted by molar-refractivity contribution is 0.413. The number of benzene rings is 1. The van der Waals surface area contributed by atoms with Crippen LogP contribution in [0.3, 0.4) is 0 Å². The Balaban J connectivity index is 2.63. The number of thiazole rings is 1. The second kappa shape index (κ2) is 4.73. The quantitative estimate of drug-likeness (QED) is 0.811. The Kier molecular flexibility index (Phi) is 3.52. The van der Waals surface area contributed by atoms with Gasteiger partial charge >= 0.3 is 0 Å². The molecule has 0 aliphatic rings. The highest BCUT2D eigenvalue weighted by molar-refractivity contribution is 9.10. The van der Waals surface area contributed by atoms with Gasteiger partial charge in [0, 0.05) is 10.4 Å². The van der Waals surface area contributed by atoms with Crippen molar-refractivity contribution >= 4 is 38.9 Å². The van der Waals surface area contributed by atoms with Crippen molar-refractivity contribution in [2.75, 3.05) is 7.11 Å². The summed E-state index contributed by atoms with van der Waals surface area (Å²) in [5.41, 5.74) is 1.94. The number of aryl methyl sites for hydroxylation is 1. The zero-order chi connectivity index (χ0) is 11.7. The molecule has 0 radical (unpaired) electrons. The summed E-state index contributed by atoms with van der Waals surface area (Å²) >= 11 is 10.9. The predicted molar refractivity (Wildman–Crippen MR) is 71.5 cm³/mol. The van der Waals surface area contributed by atoms with E-state index in [1.54, 1.807) is 18.4 Å². The van der Waals surface area contributed by atoms with Crippen molar-refractivity contribution in [1.29, 1.82) is 0 Å². The first-order valence-electron chi connectivity index (χ1n) is 4.57. The molecule has 0 amide bonds. The number of aromatic nitrogens is 1. The van der Waals surface area contributed by atoms with E-state index in [1.165, 1.54) is 0 Å². The summed E-state index contributed by atoms with van der Waals surface area (Å²) in [4.78, 5) is 4.37. The zero-order valence-corrected chi connectivity index (χ0v) is 11.9.